The third kappa shape index (κ3) is 5.68. The van der Waals surface area contributed by atoms with E-state index in [4.69, 9.17) is 9.47 Å². The standard InChI is InChI=1S/C22H24N4O3/c1-3-29-20-7-5-4-6-18(20)24-21-13-12-19(25-26-21)22(27)23-15-14-16-8-10-17(28-2)11-9-16/h4-13H,3,14-15H2,1-2H3,(H,23,27)(H,24,26). The Bertz CT molecular complexity index is 928. The molecule has 1 amide bonds. The van der Waals surface area contributed by atoms with E-state index in [9.17, 15) is 4.79 Å². The molecule has 2 N–H and O–H groups in total. The number of anilines is 2. The third-order valence-corrected chi connectivity index (χ3v) is 4.21. The molecular weight excluding hydrogens is 368 g/mol. The van der Waals surface area contributed by atoms with Crippen LogP contribution in [0.2, 0.25) is 0 Å². The van der Waals surface area contributed by atoms with Crippen molar-refractivity contribution in [1.29, 1.82) is 0 Å². The van der Waals surface area contributed by atoms with E-state index in [1.165, 1.54) is 0 Å². The van der Waals surface area contributed by atoms with Gasteiger partial charge < -0.3 is 20.1 Å². The summed E-state index contributed by atoms with van der Waals surface area (Å²) < 4.78 is 10.7. The van der Waals surface area contributed by atoms with Crippen LogP contribution in [0.15, 0.2) is 60.7 Å². The van der Waals surface area contributed by atoms with Crippen LogP contribution in [0.3, 0.4) is 0 Å². The molecule has 0 unspecified atom stereocenters. The summed E-state index contributed by atoms with van der Waals surface area (Å²) in [6, 6.07) is 18.7. The van der Waals surface area contributed by atoms with Gasteiger partial charge in [0.25, 0.3) is 5.91 Å². The number of nitrogens with zero attached hydrogens (tertiary/aromatic N) is 2. The topological polar surface area (TPSA) is 85.4 Å². The highest BCUT2D eigenvalue weighted by Crippen LogP contribution is 2.26. The van der Waals surface area contributed by atoms with Crippen molar-refractivity contribution in [3.8, 4) is 11.5 Å². The van der Waals surface area contributed by atoms with Crippen LogP contribution in [0.4, 0.5) is 11.5 Å². The van der Waals surface area contributed by atoms with E-state index >= 15 is 0 Å². The van der Waals surface area contributed by atoms with E-state index in [2.05, 4.69) is 20.8 Å². The van der Waals surface area contributed by atoms with E-state index in [1.54, 1.807) is 19.2 Å². The van der Waals surface area contributed by atoms with Crippen molar-refractivity contribution in [1.82, 2.24) is 15.5 Å². The van der Waals surface area contributed by atoms with Crippen LogP contribution >= 0.6 is 0 Å². The van der Waals surface area contributed by atoms with Crippen LogP contribution in [0.5, 0.6) is 11.5 Å². The summed E-state index contributed by atoms with van der Waals surface area (Å²) in [7, 11) is 1.63. The van der Waals surface area contributed by atoms with Crippen molar-refractivity contribution in [3.63, 3.8) is 0 Å². The van der Waals surface area contributed by atoms with Crippen LogP contribution in [0.1, 0.15) is 23.0 Å². The molecule has 0 saturated carbocycles. The molecule has 0 aliphatic carbocycles. The summed E-state index contributed by atoms with van der Waals surface area (Å²) in [5.41, 5.74) is 2.17. The number of hydrogen-bond donors (Lipinski definition) is 2. The lowest BCUT2D eigenvalue weighted by atomic mass is 10.1. The highest BCUT2D eigenvalue weighted by atomic mass is 16.5. The SMILES string of the molecule is CCOc1ccccc1Nc1ccc(C(=O)NCCc2ccc(OC)cc2)nn1. The smallest absolute Gasteiger partial charge is 0.271 e. The molecule has 0 radical (unpaired) electrons. The van der Waals surface area contributed by atoms with E-state index in [0.29, 0.717) is 19.0 Å². The zero-order chi connectivity index (χ0) is 20.5. The molecule has 150 valence electrons. The first-order valence-corrected chi connectivity index (χ1v) is 9.43. The number of rotatable bonds is 9. The fourth-order valence-electron chi connectivity index (χ4n) is 2.71. The van der Waals surface area contributed by atoms with Crippen molar-refractivity contribution >= 4 is 17.4 Å². The third-order valence-electron chi connectivity index (χ3n) is 4.21. The van der Waals surface area contributed by atoms with Gasteiger partial charge in [-0.05, 0) is 55.3 Å². The Morgan fingerprint density at radius 1 is 1.00 bits per heavy atom. The van der Waals surface area contributed by atoms with Gasteiger partial charge >= 0.3 is 0 Å². The zero-order valence-corrected chi connectivity index (χ0v) is 16.5. The summed E-state index contributed by atoms with van der Waals surface area (Å²) in [4.78, 5) is 12.3. The van der Waals surface area contributed by atoms with E-state index in [-0.39, 0.29) is 11.6 Å². The van der Waals surface area contributed by atoms with Gasteiger partial charge in [0.2, 0.25) is 0 Å². The fourth-order valence-corrected chi connectivity index (χ4v) is 2.71. The molecule has 2 aromatic carbocycles. The first-order valence-electron chi connectivity index (χ1n) is 9.43. The van der Waals surface area contributed by atoms with Crippen LogP contribution in [-0.2, 0) is 6.42 Å². The molecule has 0 aliphatic rings. The minimum Gasteiger partial charge on any atom is -0.497 e. The van der Waals surface area contributed by atoms with Gasteiger partial charge in [0.05, 0.1) is 19.4 Å². The van der Waals surface area contributed by atoms with Gasteiger partial charge in [-0.25, -0.2) is 0 Å². The van der Waals surface area contributed by atoms with Crippen LogP contribution < -0.4 is 20.1 Å². The number of ether oxygens (including phenoxy) is 2. The number of carbonyl (C=O) groups is 1. The summed E-state index contributed by atoms with van der Waals surface area (Å²) in [6.45, 7) is 3.01. The Morgan fingerprint density at radius 3 is 2.48 bits per heavy atom. The molecule has 0 saturated heterocycles. The lowest BCUT2D eigenvalue weighted by Gasteiger charge is -2.11. The molecule has 3 rings (SSSR count). The molecular formula is C22H24N4O3. The number of benzene rings is 2. The lowest BCUT2D eigenvalue weighted by molar-refractivity contribution is 0.0948. The molecule has 29 heavy (non-hydrogen) atoms. The van der Waals surface area contributed by atoms with Crippen molar-refractivity contribution in [2.45, 2.75) is 13.3 Å². The Kier molecular flexibility index (Phi) is 7.00. The molecule has 1 aromatic heterocycles. The van der Waals surface area contributed by atoms with Crippen molar-refractivity contribution in [3.05, 3.63) is 71.9 Å². The summed E-state index contributed by atoms with van der Waals surface area (Å²) in [5.74, 6) is 1.82. The van der Waals surface area contributed by atoms with Gasteiger partial charge in [-0.2, -0.15) is 0 Å². The van der Waals surface area contributed by atoms with E-state index in [1.807, 2.05) is 55.5 Å². The Hall–Kier alpha value is -3.61. The molecule has 0 atom stereocenters. The van der Waals surface area contributed by atoms with Gasteiger partial charge in [-0.3, -0.25) is 4.79 Å². The van der Waals surface area contributed by atoms with Gasteiger partial charge in [0.1, 0.15) is 11.5 Å². The second-order valence-electron chi connectivity index (χ2n) is 6.21. The average Bonchev–Trinajstić information content (AvgIpc) is 2.76. The number of nitrogens with one attached hydrogen (secondary N) is 2. The second-order valence-corrected chi connectivity index (χ2v) is 6.21. The average molecular weight is 392 g/mol. The van der Waals surface area contributed by atoms with Crippen molar-refractivity contribution in [2.24, 2.45) is 0 Å². The van der Waals surface area contributed by atoms with Crippen LogP contribution in [0, 0.1) is 0 Å². The van der Waals surface area contributed by atoms with Gasteiger partial charge in [0, 0.05) is 6.54 Å². The van der Waals surface area contributed by atoms with Crippen LogP contribution in [-0.4, -0.2) is 36.4 Å². The van der Waals surface area contributed by atoms with Crippen LogP contribution in [0.25, 0.3) is 0 Å². The zero-order valence-electron chi connectivity index (χ0n) is 16.5. The highest BCUT2D eigenvalue weighted by molar-refractivity contribution is 5.92. The lowest BCUT2D eigenvalue weighted by Crippen LogP contribution is -2.26. The predicted octanol–water partition coefficient (Wildman–Crippen LogP) is 3.60. The van der Waals surface area contributed by atoms with Gasteiger partial charge in [-0.1, -0.05) is 24.3 Å². The molecule has 0 spiro atoms. The number of amides is 1. The molecule has 1 heterocycles. The number of para-hydroxylation sites is 2. The maximum atomic E-state index is 12.3. The molecule has 0 aliphatic heterocycles. The Balaban J connectivity index is 1.53. The second kappa shape index (κ2) is 10.1. The molecule has 3 aromatic rings. The van der Waals surface area contributed by atoms with Crippen molar-refractivity contribution < 1.29 is 14.3 Å². The van der Waals surface area contributed by atoms with E-state index in [0.717, 1.165) is 29.2 Å². The highest BCUT2D eigenvalue weighted by Gasteiger charge is 2.09. The summed E-state index contributed by atoms with van der Waals surface area (Å²) >= 11 is 0. The Morgan fingerprint density at radius 2 is 1.79 bits per heavy atom. The number of aromatic nitrogens is 2. The first kappa shape index (κ1) is 20.1. The minimum absolute atomic E-state index is 0.257. The summed E-state index contributed by atoms with van der Waals surface area (Å²) in [5, 5.41) is 14.1. The Labute approximate surface area is 170 Å². The molecule has 7 nitrogen and oxygen atoms in total. The quantitative estimate of drug-likeness (QED) is 0.579. The maximum absolute atomic E-state index is 12.3. The monoisotopic (exact) mass is 392 g/mol. The maximum Gasteiger partial charge on any atom is 0.271 e. The van der Waals surface area contributed by atoms with E-state index < -0.39 is 0 Å². The molecule has 0 bridgehead atoms. The first-order chi connectivity index (χ1) is 14.2. The normalized spacial score (nSPS) is 10.3. The summed E-state index contributed by atoms with van der Waals surface area (Å²) in [6.07, 6.45) is 0.719. The largest absolute Gasteiger partial charge is 0.497 e. The number of hydrogen-bond acceptors (Lipinski definition) is 6. The minimum atomic E-state index is -0.257. The number of carbonyl (C=O) groups excluding carboxylic acids is 1. The molecule has 7 heteroatoms. The fraction of sp³-hybridized carbons (Fsp3) is 0.227. The predicted molar refractivity (Wildman–Crippen MR) is 112 cm³/mol. The number of methoxy groups -OCH3 is 1. The molecule has 0 fully saturated rings. The van der Waals surface area contributed by atoms with Gasteiger partial charge in [0.15, 0.2) is 11.5 Å². The van der Waals surface area contributed by atoms with Crippen molar-refractivity contribution in [2.75, 3.05) is 25.6 Å². The van der Waals surface area contributed by atoms with Gasteiger partial charge in [-0.15, -0.1) is 10.2 Å².